The zero-order chi connectivity index (χ0) is 21.5. The molecule has 0 aliphatic carbocycles. The summed E-state index contributed by atoms with van der Waals surface area (Å²) in [6.07, 6.45) is -2.89. The van der Waals surface area contributed by atoms with Crippen molar-refractivity contribution in [2.75, 3.05) is 19.6 Å². The van der Waals surface area contributed by atoms with Gasteiger partial charge in [0.25, 0.3) is 0 Å². The van der Waals surface area contributed by atoms with Gasteiger partial charge in [-0.1, -0.05) is 17.3 Å². The van der Waals surface area contributed by atoms with E-state index in [4.69, 9.17) is 4.52 Å². The zero-order valence-corrected chi connectivity index (χ0v) is 16.5. The first kappa shape index (κ1) is 20.8. The molecule has 2 aromatic rings. The third-order valence-corrected chi connectivity index (χ3v) is 5.89. The number of nitrogens with zero attached hydrogens (tertiary/aromatic N) is 4. The average Bonchev–Trinajstić information content (AvgIpc) is 3.34. The summed E-state index contributed by atoms with van der Waals surface area (Å²) in [5.74, 6) is 0.617. The maximum atomic E-state index is 12.8. The first-order chi connectivity index (χ1) is 14.2. The number of carbonyl (C=O) groups excluding carboxylic acids is 1. The lowest BCUT2D eigenvalue weighted by molar-refractivity contribution is -0.137. The molecule has 2 fully saturated rings. The molecule has 0 spiro atoms. The number of aromatic nitrogens is 2. The van der Waals surface area contributed by atoms with E-state index < -0.39 is 17.8 Å². The minimum absolute atomic E-state index is 0.0598. The lowest BCUT2D eigenvalue weighted by atomic mass is 10.0. The molecular weight excluding hydrogens is 401 g/mol. The summed E-state index contributed by atoms with van der Waals surface area (Å²) in [5.41, 5.74) is -0.310. The molecule has 2 saturated heterocycles. The highest BCUT2D eigenvalue weighted by atomic mass is 19.4. The molecule has 0 bridgehead atoms. The molecule has 1 amide bonds. The van der Waals surface area contributed by atoms with Gasteiger partial charge in [-0.2, -0.15) is 18.2 Å². The van der Waals surface area contributed by atoms with Crippen LogP contribution in [-0.4, -0.2) is 62.7 Å². The number of alkyl halides is 3. The van der Waals surface area contributed by atoms with E-state index >= 15 is 0 Å². The first-order valence-electron chi connectivity index (χ1n) is 9.93. The van der Waals surface area contributed by atoms with Crippen molar-refractivity contribution in [3.8, 4) is 11.4 Å². The molecule has 10 heteroatoms. The van der Waals surface area contributed by atoms with Gasteiger partial charge < -0.3 is 14.5 Å². The summed E-state index contributed by atoms with van der Waals surface area (Å²) < 4.78 is 43.7. The molecule has 162 valence electrons. The van der Waals surface area contributed by atoms with Crippen LogP contribution in [0.4, 0.5) is 13.2 Å². The van der Waals surface area contributed by atoms with Gasteiger partial charge in [-0.25, -0.2) is 0 Å². The summed E-state index contributed by atoms with van der Waals surface area (Å²) >= 11 is 0. The van der Waals surface area contributed by atoms with E-state index in [1.54, 1.807) is 6.92 Å². The van der Waals surface area contributed by atoms with Crippen LogP contribution in [0.2, 0.25) is 0 Å². The second-order valence-electron chi connectivity index (χ2n) is 7.87. The van der Waals surface area contributed by atoms with Crippen LogP contribution in [0.15, 0.2) is 28.8 Å². The quantitative estimate of drug-likeness (QED) is 0.816. The van der Waals surface area contributed by atoms with E-state index in [0.717, 1.165) is 25.0 Å². The van der Waals surface area contributed by atoms with Crippen LogP contribution in [0.1, 0.15) is 43.7 Å². The predicted octanol–water partition coefficient (Wildman–Crippen LogP) is 2.87. The number of piperidine rings is 1. The third-order valence-electron chi connectivity index (χ3n) is 5.89. The van der Waals surface area contributed by atoms with Gasteiger partial charge in [-0.3, -0.25) is 9.69 Å². The van der Waals surface area contributed by atoms with Crippen molar-refractivity contribution >= 4 is 5.91 Å². The molecule has 2 aliphatic rings. The first-order valence-corrected chi connectivity index (χ1v) is 9.93. The maximum Gasteiger partial charge on any atom is 0.416 e. The Morgan fingerprint density at radius 2 is 1.87 bits per heavy atom. The van der Waals surface area contributed by atoms with E-state index in [2.05, 4.69) is 15.0 Å². The minimum Gasteiger partial charge on any atom is -0.392 e. The number of aliphatic hydroxyl groups is 1. The van der Waals surface area contributed by atoms with Gasteiger partial charge in [0.15, 0.2) is 0 Å². The number of hydrogen-bond acceptors (Lipinski definition) is 6. The fourth-order valence-electron chi connectivity index (χ4n) is 4.29. The Kier molecular flexibility index (Phi) is 5.54. The number of aliphatic hydroxyl groups excluding tert-OH is 1. The largest absolute Gasteiger partial charge is 0.416 e. The third kappa shape index (κ3) is 4.20. The van der Waals surface area contributed by atoms with Crippen LogP contribution in [0.3, 0.4) is 0 Å². The van der Waals surface area contributed by atoms with Crippen LogP contribution in [0.5, 0.6) is 0 Å². The highest BCUT2D eigenvalue weighted by Crippen LogP contribution is 2.37. The average molecular weight is 424 g/mol. The second-order valence-corrected chi connectivity index (χ2v) is 7.87. The molecule has 2 atom stereocenters. The number of amides is 1. The van der Waals surface area contributed by atoms with Crippen molar-refractivity contribution in [3.63, 3.8) is 0 Å². The standard InChI is InChI=1S/C20H23F3N4O3/c1-12(28)26-8-6-15(7-9-26)27-11-16(29)10-17(27)19-24-18(25-30-19)13-2-4-14(5-3-13)20(21,22)23/h2-5,15-17,29H,6-11H2,1H3. The lowest BCUT2D eigenvalue weighted by Gasteiger charge is -2.38. The van der Waals surface area contributed by atoms with Crippen molar-refractivity contribution in [1.82, 2.24) is 19.9 Å². The number of carbonyl (C=O) groups is 1. The molecule has 3 heterocycles. The van der Waals surface area contributed by atoms with Crippen LogP contribution >= 0.6 is 0 Å². The monoisotopic (exact) mass is 424 g/mol. The molecule has 7 nitrogen and oxygen atoms in total. The van der Waals surface area contributed by atoms with E-state index in [1.807, 2.05) is 4.90 Å². The van der Waals surface area contributed by atoms with Gasteiger partial charge in [-0.05, 0) is 31.4 Å². The molecule has 1 aromatic carbocycles. The Hall–Kier alpha value is -2.46. The molecule has 30 heavy (non-hydrogen) atoms. The molecular formula is C20H23F3N4O3. The highest BCUT2D eigenvalue weighted by Gasteiger charge is 2.41. The predicted molar refractivity (Wildman–Crippen MR) is 100 cm³/mol. The van der Waals surface area contributed by atoms with Crippen LogP contribution in [0, 0.1) is 0 Å². The Bertz CT molecular complexity index is 891. The Morgan fingerprint density at radius 1 is 1.20 bits per heavy atom. The van der Waals surface area contributed by atoms with Crippen LogP contribution in [-0.2, 0) is 11.0 Å². The minimum atomic E-state index is -4.40. The summed E-state index contributed by atoms with van der Waals surface area (Å²) in [7, 11) is 0. The van der Waals surface area contributed by atoms with Crippen molar-refractivity contribution in [2.24, 2.45) is 0 Å². The Morgan fingerprint density at radius 3 is 2.47 bits per heavy atom. The Labute approximate surface area is 171 Å². The normalized spacial score (nSPS) is 23.8. The fraction of sp³-hybridized carbons (Fsp3) is 0.550. The SMILES string of the molecule is CC(=O)N1CCC(N2CC(O)CC2c2nc(-c3ccc(C(F)(F)F)cc3)no2)CC1. The smallest absolute Gasteiger partial charge is 0.392 e. The maximum absolute atomic E-state index is 12.8. The topological polar surface area (TPSA) is 82.7 Å². The van der Waals surface area contributed by atoms with E-state index in [9.17, 15) is 23.1 Å². The van der Waals surface area contributed by atoms with E-state index in [1.165, 1.54) is 12.1 Å². The van der Waals surface area contributed by atoms with Crippen LogP contribution < -0.4 is 0 Å². The van der Waals surface area contributed by atoms with Crippen molar-refractivity contribution < 1.29 is 27.6 Å². The number of likely N-dealkylation sites (tertiary alicyclic amines) is 2. The van der Waals surface area contributed by atoms with Crippen molar-refractivity contribution in [3.05, 3.63) is 35.7 Å². The summed E-state index contributed by atoms with van der Waals surface area (Å²) in [5, 5.41) is 14.2. The summed E-state index contributed by atoms with van der Waals surface area (Å²) in [4.78, 5) is 19.9. The van der Waals surface area contributed by atoms with Gasteiger partial charge in [0.2, 0.25) is 17.6 Å². The van der Waals surface area contributed by atoms with Crippen LogP contribution in [0.25, 0.3) is 11.4 Å². The molecule has 2 aliphatic heterocycles. The molecule has 0 saturated carbocycles. The number of β-amino-alcohol motifs (C(OH)–C–C–N with tert-alkyl or cyclic N) is 1. The lowest BCUT2D eigenvalue weighted by Crippen LogP contribution is -2.46. The number of halogens is 3. The fourth-order valence-corrected chi connectivity index (χ4v) is 4.29. The van der Waals surface area contributed by atoms with Crippen molar-refractivity contribution in [1.29, 1.82) is 0 Å². The molecule has 2 unspecified atom stereocenters. The summed E-state index contributed by atoms with van der Waals surface area (Å²) in [6.45, 7) is 3.37. The van der Waals surface area contributed by atoms with E-state index in [0.29, 0.717) is 37.5 Å². The van der Waals surface area contributed by atoms with Gasteiger partial charge in [0.05, 0.1) is 17.7 Å². The molecule has 1 aromatic heterocycles. The van der Waals surface area contributed by atoms with E-state index in [-0.39, 0.29) is 23.8 Å². The molecule has 0 radical (unpaired) electrons. The zero-order valence-electron chi connectivity index (χ0n) is 16.5. The number of hydrogen-bond donors (Lipinski definition) is 1. The Balaban J connectivity index is 1.49. The number of rotatable bonds is 3. The van der Waals surface area contributed by atoms with Gasteiger partial charge in [0, 0.05) is 38.2 Å². The summed E-state index contributed by atoms with van der Waals surface area (Å²) in [6, 6.07) is 4.53. The van der Waals surface area contributed by atoms with Crippen molar-refractivity contribution in [2.45, 2.75) is 50.6 Å². The second kappa shape index (κ2) is 7.99. The molecule has 1 N–H and O–H groups in total. The molecule has 4 rings (SSSR count). The van der Waals surface area contributed by atoms with Gasteiger partial charge in [0.1, 0.15) is 0 Å². The van der Waals surface area contributed by atoms with Gasteiger partial charge in [-0.15, -0.1) is 0 Å². The van der Waals surface area contributed by atoms with Gasteiger partial charge >= 0.3 is 6.18 Å². The number of benzene rings is 1. The highest BCUT2D eigenvalue weighted by molar-refractivity contribution is 5.73.